The van der Waals surface area contributed by atoms with Gasteiger partial charge in [-0.25, -0.2) is 8.42 Å². The molecule has 0 aliphatic carbocycles. The van der Waals surface area contributed by atoms with Crippen molar-refractivity contribution in [1.82, 2.24) is 14.5 Å². The highest BCUT2D eigenvalue weighted by molar-refractivity contribution is 7.89. The third kappa shape index (κ3) is 5.20. The van der Waals surface area contributed by atoms with E-state index in [0.29, 0.717) is 32.7 Å². The smallest absolute Gasteiger partial charge is 0.243 e. The number of benzene rings is 2. The second-order valence-corrected chi connectivity index (χ2v) is 10.2. The number of amides is 1. The summed E-state index contributed by atoms with van der Waals surface area (Å²) in [6, 6.07) is 17.8. The van der Waals surface area contributed by atoms with E-state index in [-0.39, 0.29) is 16.8 Å². The van der Waals surface area contributed by atoms with Crippen molar-refractivity contribution in [2.45, 2.75) is 36.2 Å². The standard InChI is InChI=1S/C24H31N3O4S/c28-24(22-13-7-8-14-27(22)32(29,30)21-11-5-2-6-12-21)25-19-23(20-9-3-1-4-10-20)26-15-17-31-18-16-26/h1-6,9-12,22-23H,7-8,13-19H2,(H,25,28). The van der Waals surface area contributed by atoms with Gasteiger partial charge in [0.05, 0.1) is 24.2 Å². The molecule has 2 saturated heterocycles. The largest absolute Gasteiger partial charge is 0.379 e. The Hall–Kier alpha value is -2.26. The highest BCUT2D eigenvalue weighted by Crippen LogP contribution is 2.26. The first-order valence-corrected chi connectivity index (χ1v) is 12.7. The number of piperidine rings is 1. The maximum absolute atomic E-state index is 13.2. The molecule has 2 aliphatic heterocycles. The third-order valence-corrected chi connectivity index (χ3v) is 8.17. The van der Waals surface area contributed by atoms with Crippen LogP contribution in [-0.2, 0) is 19.6 Å². The van der Waals surface area contributed by atoms with Gasteiger partial charge in [-0.1, -0.05) is 55.0 Å². The second kappa shape index (κ2) is 10.6. The van der Waals surface area contributed by atoms with Crippen LogP contribution in [0.4, 0.5) is 0 Å². The summed E-state index contributed by atoms with van der Waals surface area (Å²) in [4.78, 5) is 15.8. The zero-order chi connectivity index (χ0) is 22.4. The first kappa shape index (κ1) is 22.9. The molecule has 2 aromatic carbocycles. The molecule has 172 valence electrons. The number of carbonyl (C=O) groups excluding carboxylic acids is 1. The Morgan fingerprint density at radius 2 is 1.62 bits per heavy atom. The first-order chi connectivity index (χ1) is 15.6. The Morgan fingerprint density at radius 1 is 0.969 bits per heavy atom. The lowest BCUT2D eigenvalue weighted by Crippen LogP contribution is -2.53. The molecule has 2 unspecified atom stereocenters. The molecule has 1 N–H and O–H groups in total. The number of hydrogen-bond donors (Lipinski definition) is 1. The van der Waals surface area contributed by atoms with Crippen molar-refractivity contribution in [3.63, 3.8) is 0 Å². The van der Waals surface area contributed by atoms with E-state index in [2.05, 4.69) is 22.3 Å². The van der Waals surface area contributed by atoms with Gasteiger partial charge in [0, 0.05) is 26.2 Å². The molecule has 2 aliphatic rings. The van der Waals surface area contributed by atoms with Crippen molar-refractivity contribution >= 4 is 15.9 Å². The fraction of sp³-hybridized carbons (Fsp3) is 0.458. The second-order valence-electron chi connectivity index (χ2n) is 8.26. The normalized spacial score (nSPS) is 21.7. The van der Waals surface area contributed by atoms with Gasteiger partial charge in [-0.05, 0) is 30.5 Å². The predicted octanol–water partition coefficient (Wildman–Crippen LogP) is 2.42. The lowest BCUT2D eigenvalue weighted by Gasteiger charge is -2.36. The van der Waals surface area contributed by atoms with E-state index in [9.17, 15) is 13.2 Å². The summed E-state index contributed by atoms with van der Waals surface area (Å²) in [5.41, 5.74) is 1.13. The van der Waals surface area contributed by atoms with Crippen LogP contribution >= 0.6 is 0 Å². The number of morpholine rings is 1. The maximum Gasteiger partial charge on any atom is 0.243 e. The molecule has 0 aromatic heterocycles. The van der Waals surface area contributed by atoms with Crippen LogP contribution in [0.3, 0.4) is 0 Å². The van der Waals surface area contributed by atoms with E-state index < -0.39 is 16.1 Å². The molecule has 0 bridgehead atoms. The van der Waals surface area contributed by atoms with Crippen molar-refractivity contribution in [1.29, 1.82) is 0 Å². The molecule has 2 fully saturated rings. The molecular weight excluding hydrogens is 426 g/mol. The summed E-state index contributed by atoms with van der Waals surface area (Å²) >= 11 is 0. The summed E-state index contributed by atoms with van der Waals surface area (Å²) in [6.07, 6.45) is 2.13. The summed E-state index contributed by atoms with van der Waals surface area (Å²) < 4.78 is 33.3. The van der Waals surface area contributed by atoms with Crippen LogP contribution in [0.25, 0.3) is 0 Å². The molecule has 32 heavy (non-hydrogen) atoms. The van der Waals surface area contributed by atoms with E-state index >= 15 is 0 Å². The topological polar surface area (TPSA) is 79.0 Å². The van der Waals surface area contributed by atoms with Crippen LogP contribution in [0.2, 0.25) is 0 Å². The maximum atomic E-state index is 13.2. The molecule has 0 saturated carbocycles. The molecule has 1 amide bonds. The molecule has 0 radical (unpaired) electrons. The average molecular weight is 458 g/mol. The number of rotatable bonds is 7. The number of sulfonamides is 1. The van der Waals surface area contributed by atoms with Gasteiger partial charge in [-0.2, -0.15) is 4.31 Å². The van der Waals surface area contributed by atoms with Gasteiger partial charge >= 0.3 is 0 Å². The Kier molecular flexibility index (Phi) is 7.57. The lowest BCUT2D eigenvalue weighted by atomic mass is 10.0. The Bertz CT molecular complexity index is 979. The van der Waals surface area contributed by atoms with Crippen molar-refractivity contribution in [3.8, 4) is 0 Å². The van der Waals surface area contributed by atoms with Crippen molar-refractivity contribution in [3.05, 3.63) is 66.2 Å². The van der Waals surface area contributed by atoms with Gasteiger partial charge in [-0.15, -0.1) is 0 Å². The lowest BCUT2D eigenvalue weighted by molar-refractivity contribution is -0.126. The van der Waals surface area contributed by atoms with Gasteiger partial charge in [-0.3, -0.25) is 9.69 Å². The number of carbonyl (C=O) groups is 1. The first-order valence-electron chi connectivity index (χ1n) is 11.3. The Balaban J connectivity index is 1.49. The molecule has 2 atom stereocenters. The van der Waals surface area contributed by atoms with Crippen LogP contribution < -0.4 is 5.32 Å². The minimum absolute atomic E-state index is 0.0202. The average Bonchev–Trinajstić information content (AvgIpc) is 2.86. The van der Waals surface area contributed by atoms with Crippen molar-refractivity contribution in [2.75, 3.05) is 39.4 Å². The fourth-order valence-electron chi connectivity index (χ4n) is 4.52. The molecule has 7 nitrogen and oxygen atoms in total. The van der Waals surface area contributed by atoms with Crippen LogP contribution in [0, 0.1) is 0 Å². The number of hydrogen-bond acceptors (Lipinski definition) is 5. The van der Waals surface area contributed by atoms with Gasteiger partial charge in [0.2, 0.25) is 15.9 Å². The van der Waals surface area contributed by atoms with Crippen LogP contribution in [0.15, 0.2) is 65.6 Å². The zero-order valence-electron chi connectivity index (χ0n) is 18.2. The molecule has 4 rings (SSSR count). The zero-order valence-corrected chi connectivity index (χ0v) is 19.0. The van der Waals surface area contributed by atoms with Gasteiger partial charge in [0.25, 0.3) is 0 Å². The summed E-state index contributed by atoms with van der Waals surface area (Å²) in [7, 11) is -3.72. The van der Waals surface area contributed by atoms with Gasteiger partial charge < -0.3 is 10.1 Å². The number of nitrogens with zero attached hydrogens (tertiary/aromatic N) is 2. The van der Waals surface area contributed by atoms with Crippen molar-refractivity contribution in [2.24, 2.45) is 0 Å². The van der Waals surface area contributed by atoms with Gasteiger partial charge in [0.1, 0.15) is 6.04 Å². The highest BCUT2D eigenvalue weighted by Gasteiger charge is 2.38. The van der Waals surface area contributed by atoms with E-state index in [4.69, 9.17) is 4.74 Å². The minimum atomic E-state index is -3.72. The van der Waals surface area contributed by atoms with E-state index in [1.807, 2.05) is 18.2 Å². The van der Waals surface area contributed by atoms with Crippen LogP contribution in [0.5, 0.6) is 0 Å². The number of ether oxygens (including phenoxy) is 1. The Morgan fingerprint density at radius 3 is 2.31 bits per heavy atom. The number of nitrogens with one attached hydrogen (secondary N) is 1. The predicted molar refractivity (Wildman–Crippen MR) is 123 cm³/mol. The summed E-state index contributed by atoms with van der Waals surface area (Å²) in [6.45, 7) is 3.73. The van der Waals surface area contributed by atoms with Crippen LogP contribution in [-0.4, -0.2) is 69.0 Å². The van der Waals surface area contributed by atoms with Gasteiger partial charge in [0.15, 0.2) is 0 Å². The minimum Gasteiger partial charge on any atom is -0.379 e. The monoisotopic (exact) mass is 457 g/mol. The van der Waals surface area contributed by atoms with Crippen molar-refractivity contribution < 1.29 is 17.9 Å². The quantitative estimate of drug-likeness (QED) is 0.691. The van der Waals surface area contributed by atoms with Crippen LogP contribution in [0.1, 0.15) is 30.9 Å². The molecule has 0 spiro atoms. The van der Waals surface area contributed by atoms with E-state index in [0.717, 1.165) is 31.5 Å². The summed E-state index contributed by atoms with van der Waals surface area (Å²) in [5, 5.41) is 3.07. The Labute approximate surface area is 190 Å². The van der Waals surface area contributed by atoms with E-state index in [1.54, 1.807) is 30.3 Å². The fourth-order valence-corrected chi connectivity index (χ4v) is 6.20. The van der Waals surface area contributed by atoms with E-state index in [1.165, 1.54) is 4.31 Å². The SMILES string of the molecule is O=C(NCC(c1ccccc1)N1CCOCC1)C1CCCCN1S(=O)(=O)c1ccccc1. The molecular formula is C24H31N3O4S. The molecule has 2 heterocycles. The highest BCUT2D eigenvalue weighted by atomic mass is 32.2. The summed E-state index contributed by atoms with van der Waals surface area (Å²) in [5.74, 6) is -0.224. The molecule has 8 heteroatoms. The third-order valence-electron chi connectivity index (χ3n) is 6.25. The molecule has 2 aromatic rings.